The van der Waals surface area contributed by atoms with E-state index in [2.05, 4.69) is 29.4 Å². The zero-order chi connectivity index (χ0) is 11.4. The maximum atomic E-state index is 5.88. The van der Waals surface area contributed by atoms with Gasteiger partial charge in [-0.3, -0.25) is 4.90 Å². The van der Waals surface area contributed by atoms with Crippen molar-refractivity contribution in [1.29, 1.82) is 0 Å². The van der Waals surface area contributed by atoms with Gasteiger partial charge in [-0.25, -0.2) is 0 Å². The Morgan fingerprint density at radius 1 is 1.38 bits per heavy atom. The Hall–Kier alpha value is -0.570. The average molecular weight is 239 g/mol. The van der Waals surface area contributed by atoms with Crippen molar-refractivity contribution in [2.75, 3.05) is 20.1 Å². The summed E-state index contributed by atoms with van der Waals surface area (Å²) in [6.45, 7) is 3.40. The van der Waals surface area contributed by atoms with Crippen molar-refractivity contribution in [3.8, 4) is 0 Å². The first-order valence-electron chi connectivity index (χ1n) is 5.92. The van der Waals surface area contributed by atoms with Crippen LogP contribution in [0.2, 0.25) is 5.02 Å². The van der Waals surface area contributed by atoms with Gasteiger partial charge in [-0.05, 0) is 44.1 Å². The third kappa shape index (κ3) is 3.21. The summed E-state index contributed by atoms with van der Waals surface area (Å²) in [5.41, 5.74) is 1.35. The SMILES string of the molecule is CN[C@@H]1CCCN(Cc2ccc(Cl)cc2)C1. The van der Waals surface area contributed by atoms with Crippen molar-refractivity contribution in [3.05, 3.63) is 34.9 Å². The Morgan fingerprint density at radius 2 is 2.12 bits per heavy atom. The highest BCUT2D eigenvalue weighted by Crippen LogP contribution is 2.15. The summed E-state index contributed by atoms with van der Waals surface area (Å²) in [6.07, 6.45) is 2.59. The summed E-state index contributed by atoms with van der Waals surface area (Å²) >= 11 is 5.88. The molecule has 1 aromatic carbocycles. The molecule has 1 aliphatic heterocycles. The molecular formula is C13H19ClN2. The van der Waals surface area contributed by atoms with Crippen LogP contribution in [-0.2, 0) is 6.54 Å². The van der Waals surface area contributed by atoms with Crippen LogP contribution >= 0.6 is 11.6 Å². The summed E-state index contributed by atoms with van der Waals surface area (Å²) in [6, 6.07) is 8.82. The summed E-state index contributed by atoms with van der Waals surface area (Å²) in [4.78, 5) is 2.51. The van der Waals surface area contributed by atoms with Crippen molar-refractivity contribution >= 4 is 11.6 Å². The van der Waals surface area contributed by atoms with Crippen molar-refractivity contribution in [2.45, 2.75) is 25.4 Å². The number of piperidine rings is 1. The molecule has 0 radical (unpaired) electrons. The van der Waals surface area contributed by atoms with E-state index in [1.807, 2.05) is 12.1 Å². The quantitative estimate of drug-likeness (QED) is 0.871. The molecular weight excluding hydrogens is 220 g/mol. The Labute approximate surface area is 103 Å². The van der Waals surface area contributed by atoms with Crippen LogP contribution in [-0.4, -0.2) is 31.1 Å². The van der Waals surface area contributed by atoms with Crippen LogP contribution in [0.1, 0.15) is 18.4 Å². The molecule has 0 aromatic heterocycles. The molecule has 1 heterocycles. The molecule has 3 heteroatoms. The summed E-state index contributed by atoms with van der Waals surface area (Å²) < 4.78 is 0. The minimum Gasteiger partial charge on any atom is -0.316 e. The Kier molecular flexibility index (Phi) is 4.22. The lowest BCUT2D eigenvalue weighted by Crippen LogP contribution is -2.43. The topological polar surface area (TPSA) is 15.3 Å². The molecule has 1 aromatic rings. The molecule has 88 valence electrons. The van der Waals surface area contributed by atoms with Gasteiger partial charge in [0.1, 0.15) is 0 Å². The monoisotopic (exact) mass is 238 g/mol. The molecule has 2 rings (SSSR count). The summed E-state index contributed by atoms with van der Waals surface area (Å²) in [5, 5.41) is 4.18. The van der Waals surface area contributed by atoms with E-state index in [0.29, 0.717) is 6.04 Å². The second-order valence-electron chi connectivity index (χ2n) is 4.49. The molecule has 0 spiro atoms. The number of nitrogens with one attached hydrogen (secondary N) is 1. The van der Waals surface area contributed by atoms with Crippen molar-refractivity contribution < 1.29 is 0 Å². The first-order chi connectivity index (χ1) is 7.78. The number of halogens is 1. The largest absolute Gasteiger partial charge is 0.316 e. The van der Waals surface area contributed by atoms with Gasteiger partial charge in [-0.15, -0.1) is 0 Å². The predicted octanol–water partition coefficient (Wildman–Crippen LogP) is 2.52. The lowest BCUT2D eigenvalue weighted by molar-refractivity contribution is 0.188. The van der Waals surface area contributed by atoms with Crippen LogP contribution < -0.4 is 5.32 Å². The maximum Gasteiger partial charge on any atom is 0.0406 e. The zero-order valence-electron chi connectivity index (χ0n) is 9.75. The van der Waals surface area contributed by atoms with Gasteiger partial charge in [-0.1, -0.05) is 23.7 Å². The molecule has 0 saturated carbocycles. The predicted molar refractivity (Wildman–Crippen MR) is 68.8 cm³/mol. The highest BCUT2D eigenvalue weighted by Gasteiger charge is 2.17. The van der Waals surface area contributed by atoms with Crippen LogP contribution in [0, 0.1) is 0 Å². The van der Waals surface area contributed by atoms with E-state index in [-0.39, 0.29) is 0 Å². The number of nitrogens with zero attached hydrogens (tertiary/aromatic N) is 1. The lowest BCUT2D eigenvalue weighted by atomic mass is 10.1. The number of benzene rings is 1. The van der Waals surface area contributed by atoms with Crippen LogP contribution in [0.3, 0.4) is 0 Å². The number of hydrogen-bond acceptors (Lipinski definition) is 2. The molecule has 2 nitrogen and oxygen atoms in total. The Morgan fingerprint density at radius 3 is 2.81 bits per heavy atom. The smallest absolute Gasteiger partial charge is 0.0406 e. The Balaban J connectivity index is 1.91. The van der Waals surface area contributed by atoms with E-state index in [9.17, 15) is 0 Å². The van der Waals surface area contributed by atoms with E-state index in [0.717, 1.165) is 18.1 Å². The molecule has 0 amide bonds. The maximum absolute atomic E-state index is 5.88. The molecule has 1 saturated heterocycles. The van der Waals surface area contributed by atoms with Gasteiger partial charge in [-0.2, -0.15) is 0 Å². The third-order valence-corrected chi connectivity index (χ3v) is 3.49. The van der Waals surface area contributed by atoms with Gasteiger partial charge >= 0.3 is 0 Å². The third-order valence-electron chi connectivity index (χ3n) is 3.23. The number of likely N-dealkylation sites (N-methyl/N-ethyl adjacent to an activating group) is 1. The zero-order valence-corrected chi connectivity index (χ0v) is 10.5. The Bertz CT molecular complexity index is 323. The van der Waals surface area contributed by atoms with Gasteiger partial charge in [0.15, 0.2) is 0 Å². The van der Waals surface area contributed by atoms with Gasteiger partial charge in [0, 0.05) is 24.2 Å². The van der Waals surface area contributed by atoms with Gasteiger partial charge < -0.3 is 5.32 Å². The molecule has 0 bridgehead atoms. The van der Waals surface area contributed by atoms with Gasteiger partial charge in [0.2, 0.25) is 0 Å². The lowest BCUT2D eigenvalue weighted by Gasteiger charge is -2.32. The first kappa shape index (κ1) is 11.9. The minimum absolute atomic E-state index is 0.654. The van der Waals surface area contributed by atoms with E-state index in [1.54, 1.807) is 0 Å². The molecule has 1 N–H and O–H groups in total. The van der Waals surface area contributed by atoms with Crippen LogP contribution in [0.15, 0.2) is 24.3 Å². The second kappa shape index (κ2) is 5.67. The molecule has 0 aliphatic carbocycles. The molecule has 1 fully saturated rings. The fourth-order valence-corrected chi connectivity index (χ4v) is 2.41. The summed E-state index contributed by atoms with van der Waals surface area (Å²) in [7, 11) is 2.05. The fraction of sp³-hybridized carbons (Fsp3) is 0.538. The van der Waals surface area contributed by atoms with Crippen molar-refractivity contribution in [2.24, 2.45) is 0 Å². The highest BCUT2D eigenvalue weighted by atomic mass is 35.5. The minimum atomic E-state index is 0.654. The van der Waals surface area contributed by atoms with Crippen LogP contribution in [0.4, 0.5) is 0 Å². The first-order valence-corrected chi connectivity index (χ1v) is 6.30. The van der Waals surface area contributed by atoms with E-state index < -0.39 is 0 Å². The summed E-state index contributed by atoms with van der Waals surface area (Å²) in [5.74, 6) is 0. The number of likely N-dealkylation sites (tertiary alicyclic amines) is 1. The number of rotatable bonds is 3. The standard InChI is InChI=1S/C13H19ClN2/c1-15-13-3-2-8-16(10-13)9-11-4-6-12(14)7-5-11/h4-7,13,15H,2-3,8-10H2,1H3/t13-/m1/s1. The van der Waals surface area contributed by atoms with Crippen molar-refractivity contribution in [3.63, 3.8) is 0 Å². The molecule has 1 aliphatic rings. The normalized spacial score (nSPS) is 22.2. The van der Waals surface area contributed by atoms with E-state index >= 15 is 0 Å². The van der Waals surface area contributed by atoms with Gasteiger partial charge in [0.05, 0.1) is 0 Å². The highest BCUT2D eigenvalue weighted by molar-refractivity contribution is 6.30. The van der Waals surface area contributed by atoms with Gasteiger partial charge in [0.25, 0.3) is 0 Å². The number of hydrogen-bond donors (Lipinski definition) is 1. The molecule has 1 atom stereocenters. The van der Waals surface area contributed by atoms with Crippen molar-refractivity contribution in [1.82, 2.24) is 10.2 Å². The second-order valence-corrected chi connectivity index (χ2v) is 4.93. The molecule has 0 unspecified atom stereocenters. The van der Waals surface area contributed by atoms with E-state index in [4.69, 9.17) is 11.6 Å². The van der Waals surface area contributed by atoms with E-state index in [1.165, 1.54) is 24.9 Å². The average Bonchev–Trinajstić information content (AvgIpc) is 2.32. The molecule has 16 heavy (non-hydrogen) atoms. The fourth-order valence-electron chi connectivity index (χ4n) is 2.28. The van der Waals surface area contributed by atoms with Crippen LogP contribution in [0.5, 0.6) is 0 Å². The van der Waals surface area contributed by atoms with Crippen LogP contribution in [0.25, 0.3) is 0 Å².